The van der Waals surface area contributed by atoms with Crippen LogP contribution in [0.2, 0.25) is 10.0 Å². The first kappa shape index (κ1) is 29.9. The Morgan fingerprint density at radius 2 is 1.81 bits per heavy atom. The van der Waals surface area contributed by atoms with Gasteiger partial charge >= 0.3 is 0 Å². The highest BCUT2D eigenvalue weighted by Gasteiger charge is 2.25. The van der Waals surface area contributed by atoms with Gasteiger partial charge in [0.2, 0.25) is 0 Å². The van der Waals surface area contributed by atoms with E-state index in [4.69, 9.17) is 35.4 Å². The molecule has 0 fully saturated rings. The SMILES string of the molecule is O=C(c1cnc(NCCC(=S)NC2c3cnccc3CCc3ccc(Cl)cc32)c(Cl)c1)N(CCO)Cc1ccccc1. The van der Waals surface area contributed by atoms with Gasteiger partial charge in [-0.1, -0.05) is 71.8 Å². The molecule has 0 bridgehead atoms. The molecule has 2 aromatic heterocycles. The van der Waals surface area contributed by atoms with Crippen molar-refractivity contribution >= 4 is 52.1 Å². The monoisotopic (exact) mass is 619 g/mol. The summed E-state index contributed by atoms with van der Waals surface area (Å²) in [6, 6.07) is 19.2. The topological polar surface area (TPSA) is 90.4 Å². The zero-order chi connectivity index (χ0) is 29.5. The zero-order valence-corrected chi connectivity index (χ0v) is 25.2. The Kier molecular flexibility index (Phi) is 10.0. The van der Waals surface area contributed by atoms with Crippen LogP contribution >= 0.6 is 35.4 Å². The number of thiocarbonyl (C=S) groups is 1. The number of hydrogen-bond donors (Lipinski definition) is 3. The Morgan fingerprint density at radius 1 is 1.02 bits per heavy atom. The third-order valence-electron chi connectivity index (χ3n) is 7.25. The number of aliphatic hydroxyl groups is 1. The molecule has 216 valence electrons. The Morgan fingerprint density at radius 3 is 2.57 bits per heavy atom. The minimum atomic E-state index is -0.252. The normalized spacial score (nSPS) is 13.8. The van der Waals surface area contributed by atoms with E-state index in [0.29, 0.717) is 45.9 Å². The fourth-order valence-electron chi connectivity index (χ4n) is 5.15. The molecule has 0 saturated heterocycles. The molecule has 42 heavy (non-hydrogen) atoms. The molecular weight excluding hydrogens is 589 g/mol. The Balaban J connectivity index is 1.22. The number of aliphatic hydroxyl groups excluding tert-OH is 1. The predicted octanol–water partition coefficient (Wildman–Crippen LogP) is 6.03. The fraction of sp³-hybridized carbons (Fsp3) is 0.250. The molecule has 1 amide bonds. The lowest BCUT2D eigenvalue weighted by Crippen LogP contribution is -2.33. The molecule has 0 aliphatic heterocycles. The molecule has 0 radical (unpaired) electrons. The molecule has 2 aromatic carbocycles. The van der Waals surface area contributed by atoms with Crippen LogP contribution in [0.5, 0.6) is 0 Å². The van der Waals surface area contributed by atoms with E-state index in [-0.39, 0.29) is 25.1 Å². The first-order valence-electron chi connectivity index (χ1n) is 13.8. The number of carbonyl (C=O) groups excluding carboxylic acids is 1. The third kappa shape index (κ3) is 7.25. The van der Waals surface area contributed by atoms with Crippen molar-refractivity contribution in [3.8, 4) is 0 Å². The van der Waals surface area contributed by atoms with Crippen molar-refractivity contribution < 1.29 is 9.90 Å². The van der Waals surface area contributed by atoms with Crippen LogP contribution in [0.25, 0.3) is 0 Å². The largest absolute Gasteiger partial charge is 0.395 e. The van der Waals surface area contributed by atoms with E-state index in [1.54, 1.807) is 11.0 Å². The van der Waals surface area contributed by atoms with Crippen LogP contribution < -0.4 is 10.6 Å². The standard InChI is InChI=1S/C32H31Cl2N5O2S/c33-25-9-8-22-6-7-23-10-12-35-19-27(23)30(26(22)17-25)38-29(42)11-13-36-31-28(34)16-24(18-37-31)32(41)39(14-15-40)20-21-4-2-1-3-5-21/h1-5,8-10,12,16-19,30,40H,6-7,11,13-15,20H2,(H,36,37)(H,38,42). The highest BCUT2D eigenvalue weighted by atomic mass is 35.5. The van der Waals surface area contributed by atoms with Crippen molar-refractivity contribution in [2.24, 2.45) is 0 Å². The number of benzene rings is 2. The number of aromatic nitrogens is 2. The quantitative estimate of drug-likeness (QED) is 0.187. The lowest BCUT2D eigenvalue weighted by atomic mass is 9.96. The predicted molar refractivity (Wildman–Crippen MR) is 171 cm³/mol. The Hall–Kier alpha value is -3.56. The van der Waals surface area contributed by atoms with Gasteiger partial charge in [0.1, 0.15) is 5.82 Å². The van der Waals surface area contributed by atoms with Crippen LogP contribution in [0.3, 0.4) is 0 Å². The first-order chi connectivity index (χ1) is 20.4. The van der Waals surface area contributed by atoms with E-state index in [2.05, 4.69) is 32.7 Å². The van der Waals surface area contributed by atoms with E-state index in [1.165, 1.54) is 17.3 Å². The second-order valence-electron chi connectivity index (χ2n) is 10.1. The number of halogens is 2. The van der Waals surface area contributed by atoms with Crippen molar-refractivity contribution in [3.63, 3.8) is 0 Å². The average Bonchev–Trinajstić information content (AvgIpc) is 3.14. The van der Waals surface area contributed by atoms with Gasteiger partial charge in [0, 0.05) is 55.2 Å². The maximum absolute atomic E-state index is 13.2. The fourth-order valence-corrected chi connectivity index (χ4v) is 5.78. The van der Waals surface area contributed by atoms with E-state index in [0.717, 1.165) is 29.5 Å². The number of anilines is 1. The minimum Gasteiger partial charge on any atom is -0.395 e. The Labute approximate surface area is 260 Å². The molecule has 1 unspecified atom stereocenters. The van der Waals surface area contributed by atoms with Gasteiger partial charge in [0.25, 0.3) is 5.91 Å². The second kappa shape index (κ2) is 14.1. The number of hydrogen-bond acceptors (Lipinski definition) is 6. The van der Waals surface area contributed by atoms with Crippen molar-refractivity contribution in [3.05, 3.63) is 123 Å². The number of nitrogens with one attached hydrogen (secondary N) is 2. The summed E-state index contributed by atoms with van der Waals surface area (Å²) in [5, 5.41) is 17.3. The number of aryl methyl sites for hydroxylation is 2. The number of carbonyl (C=O) groups is 1. The van der Waals surface area contributed by atoms with Crippen LogP contribution in [0, 0.1) is 0 Å². The molecule has 4 aromatic rings. The third-order valence-corrected chi connectivity index (χ3v) is 8.10. The second-order valence-corrected chi connectivity index (χ2v) is 11.4. The first-order valence-corrected chi connectivity index (χ1v) is 14.9. The maximum atomic E-state index is 13.2. The number of fused-ring (bicyclic) bond motifs is 2. The molecule has 2 heterocycles. The van der Waals surface area contributed by atoms with Crippen molar-refractivity contribution in [2.75, 3.05) is 25.0 Å². The maximum Gasteiger partial charge on any atom is 0.255 e. The van der Waals surface area contributed by atoms with Crippen molar-refractivity contribution in [2.45, 2.75) is 31.8 Å². The summed E-state index contributed by atoms with van der Waals surface area (Å²) in [5.74, 6) is 0.215. The van der Waals surface area contributed by atoms with E-state index in [9.17, 15) is 9.90 Å². The van der Waals surface area contributed by atoms with Gasteiger partial charge in [-0.3, -0.25) is 9.78 Å². The van der Waals surface area contributed by atoms with Crippen LogP contribution in [0.1, 0.15) is 50.6 Å². The summed E-state index contributed by atoms with van der Waals surface area (Å²) in [6.07, 6.45) is 7.60. The Bertz CT molecular complexity index is 1570. The number of rotatable bonds is 10. The minimum absolute atomic E-state index is 0.144. The molecule has 10 heteroatoms. The molecule has 1 atom stereocenters. The van der Waals surface area contributed by atoms with E-state index in [1.807, 2.05) is 54.9 Å². The van der Waals surface area contributed by atoms with Gasteiger partial charge in [-0.25, -0.2) is 4.98 Å². The summed E-state index contributed by atoms with van der Waals surface area (Å²) in [7, 11) is 0. The number of nitrogens with zero attached hydrogens (tertiary/aromatic N) is 3. The number of pyridine rings is 2. The summed E-state index contributed by atoms with van der Waals surface area (Å²) in [5.41, 5.74) is 6.00. The molecular formula is C32H31Cl2N5O2S. The summed E-state index contributed by atoms with van der Waals surface area (Å²) >= 11 is 18.7. The number of amides is 1. The lowest BCUT2D eigenvalue weighted by molar-refractivity contribution is 0.0707. The molecule has 1 aliphatic rings. The average molecular weight is 621 g/mol. The molecule has 0 saturated carbocycles. The lowest BCUT2D eigenvalue weighted by Gasteiger charge is -2.23. The summed E-state index contributed by atoms with van der Waals surface area (Å²) < 4.78 is 0. The summed E-state index contributed by atoms with van der Waals surface area (Å²) in [6.45, 7) is 0.926. The van der Waals surface area contributed by atoms with Crippen molar-refractivity contribution in [1.82, 2.24) is 20.2 Å². The molecule has 3 N–H and O–H groups in total. The molecule has 0 spiro atoms. The summed E-state index contributed by atoms with van der Waals surface area (Å²) in [4.78, 5) is 24.2. The van der Waals surface area contributed by atoms with Crippen LogP contribution in [-0.4, -0.2) is 50.6 Å². The molecule has 1 aliphatic carbocycles. The van der Waals surface area contributed by atoms with Gasteiger partial charge in [-0.2, -0.15) is 0 Å². The highest BCUT2D eigenvalue weighted by Crippen LogP contribution is 2.34. The van der Waals surface area contributed by atoms with Crippen LogP contribution in [-0.2, 0) is 19.4 Å². The van der Waals surface area contributed by atoms with Gasteiger partial charge in [0.05, 0.1) is 28.2 Å². The smallest absolute Gasteiger partial charge is 0.255 e. The molecule has 7 nitrogen and oxygen atoms in total. The van der Waals surface area contributed by atoms with Crippen molar-refractivity contribution in [1.29, 1.82) is 0 Å². The molecule has 5 rings (SSSR count). The van der Waals surface area contributed by atoms with Gasteiger partial charge in [-0.15, -0.1) is 0 Å². The van der Waals surface area contributed by atoms with Gasteiger partial charge in [0.15, 0.2) is 0 Å². The van der Waals surface area contributed by atoms with Crippen LogP contribution in [0.15, 0.2) is 79.3 Å². The van der Waals surface area contributed by atoms with Gasteiger partial charge < -0.3 is 20.6 Å². The van der Waals surface area contributed by atoms with E-state index >= 15 is 0 Å². The zero-order valence-electron chi connectivity index (χ0n) is 22.9. The van der Waals surface area contributed by atoms with E-state index < -0.39 is 0 Å². The highest BCUT2D eigenvalue weighted by molar-refractivity contribution is 7.80. The van der Waals surface area contributed by atoms with Gasteiger partial charge in [-0.05, 0) is 59.4 Å². The van der Waals surface area contributed by atoms with Crippen LogP contribution in [0.4, 0.5) is 5.82 Å².